The van der Waals surface area contributed by atoms with Crippen molar-refractivity contribution in [3.05, 3.63) is 64.7 Å². The summed E-state index contributed by atoms with van der Waals surface area (Å²) in [6.45, 7) is 3.71. The molecule has 1 aliphatic rings. The van der Waals surface area contributed by atoms with E-state index in [1.165, 1.54) is 7.11 Å². The van der Waals surface area contributed by atoms with Gasteiger partial charge in [0.25, 0.3) is 5.91 Å². The zero-order chi connectivity index (χ0) is 25.2. The molecule has 0 aromatic heterocycles. The van der Waals surface area contributed by atoms with Gasteiger partial charge >= 0.3 is 5.97 Å². The molecular formula is C27H33N3O3S2. The van der Waals surface area contributed by atoms with E-state index in [0.717, 1.165) is 42.1 Å². The second kappa shape index (κ2) is 13.5. The van der Waals surface area contributed by atoms with Gasteiger partial charge in [-0.2, -0.15) is 24.4 Å². The minimum atomic E-state index is -0.712. The maximum absolute atomic E-state index is 13.2. The number of amides is 1. The van der Waals surface area contributed by atoms with Crippen molar-refractivity contribution in [3.63, 3.8) is 0 Å². The van der Waals surface area contributed by atoms with Crippen LogP contribution in [0.2, 0.25) is 0 Å². The number of thioether (sulfide) groups is 1. The van der Waals surface area contributed by atoms with Crippen molar-refractivity contribution >= 4 is 42.0 Å². The van der Waals surface area contributed by atoms with Crippen LogP contribution in [0.15, 0.2) is 42.5 Å². The normalized spacial score (nSPS) is 17.7. The summed E-state index contributed by atoms with van der Waals surface area (Å²) >= 11 is 6.25. The second-order valence-electron chi connectivity index (χ2n) is 8.50. The molecule has 0 unspecified atom stereocenters. The number of thiol groups is 1. The van der Waals surface area contributed by atoms with E-state index >= 15 is 0 Å². The van der Waals surface area contributed by atoms with Crippen molar-refractivity contribution in [3.8, 4) is 11.8 Å². The van der Waals surface area contributed by atoms with E-state index in [9.17, 15) is 9.59 Å². The standard InChI is InChI=1S/C27H33N3O3S2/c1-18-4-6-19(7-5-18)8-9-20-16-21(29-17-24-25(34)12-14-28-24)10-11-22(20)26(31)30-23(13-15-35-3)27(32)33-2/h4-7,10-11,16,23-25,28-29,34H,12-15,17H2,1-3H3,(H,30,31)/t23-,24+,25+/m0/s1. The topological polar surface area (TPSA) is 79.5 Å². The first-order valence-corrected chi connectivity index (χ1v) is 13.6. The number of methoxy groups -OCH3 is 1. The van der Waals surface area contributed by atoms with Gasteiger partial charge in [0, 0.05) is 34.7 Å². The molecule has 3 N–H and O–H groups in total. The van der Waals surface area contributed by atoms with Gasteiger partial charge in [-0.05, 0) is 68.7 Å². The SMILES string of the molecule is COC(=O)[C@H](CCSC)NC(=O)c1ccc(NC[C@H]2NCC[C@H]2S)cc1C#Cc1ccc(C)cc1. The van der Waals surface area contributed by atoms with Gasteiger partial charge in [0.1, 0.15) is 6.04 Å². The molecule has 1 amide bonds. The number of benzene rings is 2. The quantitative estimate of drug-likeness (QED) is 0.235. The van der Waals surface area contributed by atoms with Crippen LogP contribution in [0.5, 0.6) is 0 Å². The number of carbonyl (C=O) groups excluding carboxylic acids is 2. The maximum atomic E-state index is 13.2. The molecule has 1 fully saturated rings. The van der Waals surface area contributed by atoms with Gasteiger partial charge in [0.05, 0.1) is 12.7 Å². The van der Waals surface area contributed by atoms with Crippen LogP contribution in [0, 0.1) is 18.8 Å². The molecule has 6 nitrogen and oxygen atoms in total. The van der Waals surface area contributed by atoms with Crippen molar-refractivity contribution in [2.75, 3.05) is 37.5 Å². The van der Waals surface area contributed by atoms with E-state index in [4.69, 9.17) is 4.74 Å². The average molecular weight is 512 g/mol. The van der Waals surface area contributed by atoms with Crippen LogP contribution in [-0.2, 0) is 9.53 Å². The number of aryl methyl sites for hydroxylation is 1. The van der Waals surface area contributed by atoms with Gasteiger partial charge < -0.3 is 20.7 Å². The van der Waals surface area contributed by atoms with Crippen LogP contribution < -0.4 is 16.0 Å². The Balaban J connectivity index is 1.85. The summed E-state index contributed by atoms with van der Waals surface area (Å²) in [6, 6.07) is 13.0. The van der Waals surface area contributed by atoms with Crippen LogP contribution in [0.25, 0.3) is 0 Å². The number of carbonyl (C=O) groups is 2. The van der Waals surface area contributed by atoms with Gasteiger partial charge in [-0.25, -0.2) is 4.79 Å². The van der Waals surface area contributed by atoms with Crippen LogP contribution in [0.3, 0.4) is 0 Å². The molecular weight excluding hydrogens is 478 g/mol. The van der Waals surface area contributed by atoms with Crippen molar-refractivity contribution in [1.29, 1.82) is 0 Å². The Morgan fingerprint density at radius 3 is 2.66 bits per heavy atom. The molecule has 3 atom stereocenters. The van der Waals surface area contributed by atoms with Gasteiger partial charge in [-0.1, -0.05) is 29.5 Å². The highest BCUT2D eigenvalue weighted by Gasteiger charge is 2.24. The highest BCUT2D eigenvalue weighted by molar-refractivity contribution is 7.98. The molecule has 0 bridgehead atoms. The van der Waals surface area contributed by atoms with E-state index in [-0.39, 0.29) is 11.9 Å². The van der Waals surface area contributed by atoms with E-state index in [0.29, 0.717) is 22.8 Å². The third-order valence-electron chi connectivity index (χ3n) is 5.90. The Morgan fingerprint density at radius 2 is 2.00 bits per heavy atom. The Kier molecular flexibility index (Phi) is 10.4. The molecule has 1 heterocycles. The molecule has 0 spiro atoms. The smallest absolute Gasteiger partial charge is 0.328 e. The van der Waals surface area contributed by atoms with E-state index in [2.05, 4.69) is 40.4 Å². The largest absolute Gasteiger partial charge is 0.467 e. The summed E-state index contributed by atoms with van der Waals surface area (Å²) in [5.41, 5.74) is 3.89. The second-order valence-corrected chi connectivity index (χ2v) is 10.2. The maximum Gasteiger partial charge on any atom is 0.328 e. The van der Waals surface area contributed by atoms with Crippen molar-refractivity contribution in [2.24, 2.45) is 0 Å². The van der Waals surface area contributed by atoms with E-state index in [1.54, 1.807) is 17.8 Å². The number of anilines is 1. The number of nitrogens with one attached hydrogen (secondary N) is 3. The first-order valence-electron chi connectivity index (χ1n) is 11.7. The Morgan fingerprint density at radius 1 is 1.23 bits per heavy atom. The van der Waals surface area contributed by atoms with Gasteiger partial charge in [0.15, 0.2) is 0 Å². The lowest BCUT2D eigenvalue weighted by Crippen LogP contribution is -2.42. The van der Waals surface area contributed by atoms with Crippen LogP contribution in [-0.4, -0.2) is 61.4 Å². The molecule has 1 aliphatic heterocycles. The molecule has 186 valence electrons. The lowest BCUT2D eigenvalue weighted by Gasteiger charge is -2.18. The third-order valence-corrected chi connectivity index (χ3v) is 7.16. The lowest BCUT2D eigenvalue weighted by molar-refractivity contribution is -0.142. The number of esters is 1. The molecule has 35 heavy (non-hydrogen) atoms. The molecule has 0 saturated carbocycles. The Bertz CT molecular complexity index is 1080. The first kappa shape index (κ1) is 27.0. The molecule has 3 rings (SSSR count). The summed E-state index contributed by atoms with van der Waals surface area (Å²) in [6.07, 6.45) is 3.49. The van der Waals surface area contributed by atoms with E-state index in [1.807, 2.05) is 49.6 Å². The fourth-order valence-electron chi connectivity index (χ4n) is 3.78. The number of rotatable bonds is 9. The number of ether oxygens (including phenoxy) is 1. The minimum Gasteiger partial charge on any atom is -0.467 e. The summed E-state index contributed by atoms with van der Waals surface area (Å²) in [5, 5.41) is 10.0. The molecule has 0 radical (unpaired) electrons. The average Bonchev–Trinajstić information content (AvgIpc) is 3.28. The summed E-state index contributed by atoms with van der Waals surface area (Å²) in [7, 11) is 1.33. The van der Waals surface area contributed by atoms with E-state index < -0.39 is 12.0 Å². The first-order chi connectivity index (χ1) is 16.9. The van der Waals surface area contributed by atoms with Crippen LogP contribution in [0.1, 0.15) is 39.9 Å². The molecule has 0 aliphatic carbocycles. The Labute approximate surface area is 217 Å². The molecule has 8 heteroatoms. The zero-order valence-electron chi connectivity index (χ0n) is 20.4. The zero-order valence-corrected chi connectivity index (χ0v) is 22.1. The summed E-state index contributed by atoms with van der Waals surface area (Å²) < 4.78 is 4.89. The molecule has 2 aromatic carbocycles. The van der Waals surface area contributed by atoms with Crippen LogP contribution in [0.4, 0.5) is 5.69 Å². The predicted octanol–water partition coefficient (Wildman–Crippen LogP) is 3.49. The number of hydrogen-bond donors (Lipinski definition) is 4. The highest BCUT2D eigenvalue weighted by atomic mass is 32.2. The predicted molar refractivity (Wildman–Crippen MR) is 148 cm³/mol. The minimum absolute atomic E-state index is 0.278. The van der Waals surface area contributed by atoms with Crippen molar-refractivity contribution < 1.29 is 14.3 Å². The highest BCUT2D eigenvalue weighted by Crippen LogP contribution is 2.19. The van der Waals surface area contributed by atoms with Crippen molar-refractivity contribution in [2.45, 2.75) is 37.1 Å². The molecule has 1 saturated heterocycles. The van der Waals surface area contributed by atoms with Gasteiger partial charge in [-0.15, -0.1) is 0 Å². The molecule has 2 aromatic rings. The lowest BCUT2D eigenvalue weighted by atomic mass is 10.0. The summed E-state index contributed by atoms with van der Waals surface area (Å²) in [4.78, 5) is 25.4. The van der Waals surface area contributed by atoms with Crippen molar-refractivity contribution in [1.82, 2.24) is 10.6 Å². The fourth-order valence-corrected chi connectivity index (χ4v) is 4.60. The Hall–Kier alpha value is -2.60. The fraction of sp³-hybridized carbons (Fsp3) is 0.407. The third kappa shape index (κ3) is 7.96. The van der Waals surface area contributed by atoms with Gasteiger partial charge in [0.2, 0.25) is 0 Å². The van der Waals surface area contributed by atoms with Gasteiger partial charge in [-0.3, -0.25) is 4.79 Å². The number of hydrogen-bond acceptors (Lipinski definition) is 7. The van der Waals surface area contributed by atoms with Crippen LogP contribution >= 0.6 is 24.4 Å². The summed E-state index contributed by atoms with van der Waals surface area (Å²) in [5.74, 6) is 6.24. The monoisotopic (exact) mass is 511 g/mol.